The van der Waals surface area contributed by atoms with Crippen molar-refractivity contribution in [2.75, 3.05) is 33.4 Å². The molecule has 0 saturated carbocycles. The number of piperazine rings is 1. The third kappa shape index (κ3) is 4.03. The van der Waals surface area contributed by atoms with Gasteiger partial charge in [-0.2, -0.15) is 5.10 Å². The van der Waals surface area contributed by atoms with Gasteiger partial charge in [-0.05, 0) is 18.6 Å². The number of methoxy groups -OCH3 is 1. The number of aliphatic hydroxyl groups excluding tert-OH is 1. The van der Waals surface area contributed by atoms with Crippen LogP contribution in [0.1, 0.15) is 22.5 Å². The summed E-state index contributed by atoms with van der Waals surface area (Å²) >= 11 is 0. The highest BCUT2D eigenvalue weighted by Gasteiger charge is 2.30. The average molecular weight is 362 g/mol. The van der Waals surface area contributed by atoms with E-state index in [0.29, 0.717) is 49.6 Å². The molecule has 0 radical (unpaired) electrons. The van der Waals surface area contributed by atoms with Crippen molar-refractivity contribution < 1.29 is 19.0 Å². The molecule has 0 bridgehead atoms. The fourth-order valence-electron chi connectivity index (χ4n) is 3.26. The maximum Gasteiger partial charge on any atom is 0.271 e. The van der Waals surface area contributed by atoms with Gasteiger partial charge in [0.2, 0.25) is 0 Å². The van der Waals surface area contributed by atoms with Crippen LogP contribution >= 0.6 is 0 Å². The second-order valence-electron chi connectivity index (χ2n) is 6.32. The first-order valence-corrected chi connectivity index (χ1v) is 8.58. The molecule has 0 aliphatic carbocycles. The molecule has 1 aromatic heterocycles. The number of halogens is 1. The Morgan fingerprint density at radius 1 is 1.42 bits per heavy atom. The van der Waals surface area contributed by atoms with Crippen molar-refractivity contribution >= 4 is 5.91 Å². The molecule has 0 unspecified atom stereocenters. The molecule has 1 fully saturated rings. The summed E-state index contributed by atoms with van der Waals surface area (Å²) in [6.45, 7) is 2.06. The molecule has 1 atom stereocenters. The van der Waals surface area contributed by atoms with Crippen LogP contribution in [0.2, 0.25) is 0 Å². The molecule has 26 heavy (non-hydrogen) atoms. The smallest absolute Gasteiger partial charge is 0.271 e. The van der Waals surface area contributed by atoms with Gasteiger partial charge in [0, 0.05) is 56.7 Å². The van der Waals surface area contributed by atoms with Crippen LogP contribution in [0.3, 0.4) is 0 Å². The van der Waals surface area contributed by atoms with Crippen molar-refractivity contribution in [3.05, 3.63) is 47.5 Å². The molecule has 1 saturated heterocycles. The van der Waals surface area contributed by atoms with Gasteiger partial charge < -0.3 is 14.7 Å². The molecular formula is C18H23FN4O3. The number of H-pyrrole nitrogens is 1. The molecule has 1 aliphatic heterocycles. The predicted octanol–water partition coefficient (Wildman–Crippen LogP) is 1.27. The lowest BCUT2D eigenvalue weighted by Crippen LogP contribution is -2.54. The fourth-order valence-corrected chi connectivity index (χ4v) is 3.26. The van der Waals surface area contributed by atoms with Gasteiger partial charge in [-0.25, -0.2) is 4.39 Å². The van der Waals surface area contributed by atoms with Gasteiger partial charge in [-0.15, -0.1) is 0 Å². The maximum absolute atomic E-state index is 14.3. The Morgan fingerprint density at radius 2 is 2.27 bits per heavy atom. The zero-order valence-corrected chi connectivity index (χ0v) is 14.7. The summed E-state index contributed by atoms with van der Waals surface area (Å²) in [5.41, 5.74) is 1.02. The molecule has 2 N–H and O–H groups in total. The number of rotatable bonds is 6. The number of nitrogens with one attached hydrogen (secondary N) is 1. The Morgan fingerprint density at radius 3 is 2.92 bits per heavy atom. The SMILES string of the molecule is COc1ccc(CN2CCN(C(=O)c3ccn[nH]3)C[C@H]2CCO)c(F)c1. The minimum Gasteiger partial charge on any atom is -0.497 e. The Labute approximate surface area is 151 Å². The van der Waals surface area contributed by atoms with Crippen molar-refractivity contribution in [2.24, 2.45) is 0 Å². The van der Waals surface area contributed by atoms with Crippen LogP contribution in [-0.2, 0) is 6.54 Å². The maximum atomic E-state index is 14.3. The van der Waals surface area contributed by atoms with E-state index in [-0.39, 0.29) is 24.4 Å². The van der Waals surface area contributed by atoms with Gasteiger partial charge in [-0.1, -0.05) is 6.07 Å². The van der Waals surface area contributed by atoms with E-state index in [1.807, 2.05) is 0 Å². The predicted molar refractivity (Wildman–Crippen MR) is 93.3 cm³/mol. The summed E-state index contributed by atoms with van der Waals surface area (Å²) in [7, 11) is 1.50. The van der Waals surface area contributed by atoms with Crippen LogP contribution in [0.15, 0.2) is 30.5 Å². The number of nitrogens with zero attached hydrogens (tertiary/aromatic N) is 3. The Kier molecular flexibility index (Phi) is 5.85. The van der Waals surface area contributed by atoms with Crippen molar-refractivity contribution in [3.63, 3.8) is 0 Å². The van der Waals surface area contributed by atoms with Crippen LogP contribution in [0.25, 0.3) is 0 Å². The number of hydrogen-bond donors (Lipinski definition) is 2. The third-order valence-corrected chi connectivity index (χ3v) is 4.72. The van der Waals surface area contributed by atoms with Crippen molar-refractivity contribution in [1.82, 2.24) is 20.0 Å². The number of benzene rings is 1. The number of hydrogen-bond acceptors (Lipinski definition) is 5. The summed E-state index contributed by atoms with van der Waals surface area (Å²) in [6.07, 6.45) is 2.06. The number of aliphatic hydroxyl groups is 1. The monoisotopic (exact) mass is 362 g/mol. The van der Waals surface area contributed by atoms with E-state index in [4.69, 9.17) is 4.74 Å². The molecule has 7 nitrogen and oxygen atoms in total. The van der Waals surface area contributed by atoms with Crippen LogP contribution < -0.4 is 4.74 Å². The van der Waals surface area contributed by atoms with Gasteiger partial charge >= 0.3 is 0 Å². The van der Waals surface area contributed by atoms with E-state index >= 15 is 0 Å². The molecular weight excluding hydrogens is 339 g/mol. The quantitative estimate of drug-likeness (QED) is 0.809. The molecule has 0 spiro atoms. The molecule has 8 heteroatoms. The number of ether oxygens (including phenoxy) is 1. The van der Waals surface area contributed by atoms with Crippen molar-refractivity contribution in [2.45, 2.75) is 19.0 Å². The zero-order chi connectivity index (χ0) is 18.5. The van der Waals surface area contributed by atoms with E-state index in [1.165, 1.54) is 13.2 Å². The first-order chi connectivity index (χ1) is 12.6. The normalized spacial score (nSPS) is 18.1. The lowest BCUT2D eigenvalue weighted by atomic mass is 10.1. The number of carbonyl (C=O) groups is 1. The number of aromatic nitrogens is 2. The Balaban J connectivity index is 1.69. The third-order valence-electron chi connectivity index (χ3n) is 4.72. The Bertz CT molecular complexity index is 738. The summed E-state index contributed by atoms with van der Waals surface area (Å²) in [6, 6.07) is 6.42. The summed E-state index contributed by atoms with van der Waals surface area (Å²) < 4.78 is 19.3. The molecule has 1 amide bonds. The van der Waals surface area contributed by atoms with E-state index in [1.54, 1.807) is 29.3 Å². The van der Waals surface area contributed by atoms with Gasteiger partial charge in [0.25, 0.3) is 5.91 Å². The second-order valence-corrected chi connectivity index (χ2v) is 6.32. The van der Waals surface area contributed by atoms with Crippen LogP contribution in [0, 0.1) is 5.82 Å². The highest BCUT2D eigenvalue weighted by molar-refractivity contribution is 5.92. The van der Waals surface area contributed by atoms with E-state index in [0.717, 1.165) is 0 Å². The first-order valence-electron chi connectivity index (χ1n) is 8.58. The Hall–Kier alpha value is -2.45. The number of aromatic amines is 1. The molecule has 2 heterocycles. The second kappa shape index (κ2) is 8.29. The van der Waals surface area contributed by atoms with Crippen molar-refractivity contribution in [3.8, 4) is 5.75 Å². The molecule has 2 aromatic rings. The number of carbonyl (C=O) groups excluding carboxylic acids is 1. The van der Waals surface area contributed by atoms with Gasteiger partial charge in [0.15, 0.2) is 0 Å². The van der Waals surface area contributed by atoms with Crippen LogP contribution in [-0.4, -0.2) is 70.4 Å². The van der Waals surface area contributed by atoms with E-state index < -0.39 is 0 Å². The summed E-state index contributed by atoms with van der Waals surface area (Å²) in [5, 5.41) is 15.9. The lowest BCUT2D eigenvalue weighted by Gasteiger charge is -2.41. The fraction of sp³-hybridized carbons (Fsp3) is 0.444. The standard InChI is InChI=1S/C18H23FN4O3/c1-26-15-3-2-13(16(19)10-15)11-22-7-8-23(12-14(22)5-9-24)18(25)17-4-6-20-21-17/h2-4,6,10,14,24H,5,7-9,11-12H2,1H3,(H,20,21)/t14-/m1/s1. The van der Waals surface area contributed by atoms with E-state index in [2.05, 4.69) is 15.1 Å². The minimum absolute atomic E-state index is 0.0123. The van der Waals surface area contributed by atoms with Gasteiger partial charge in [0.1, 0.15) is 17.3 Å². The zero-order valence-electron chi connectivity index (χ0n) is 14.7. The first kappa shape index (κ1) is 18.3. The highest BCUT2D eigenvalue weighted by Crippen LogP contribution is 2.22. The molecule has 3 rings (SSSR count). The number of amides is 1. The summed E-state index contributed by atoms with van der Waals surface area (Å²) in [4.78, 5) is 16.4. The summed E-state index contributed by atoms with van der Waals surface area (Å²) in [5.74, 6) is 0.0527. The molecule has 1 aromatic carbocycles. The topological polar surface area (TPSA) is 81.7 Å². The average Bonchev–Trinajstić information content (AvgIpc) is 3.19. The molecule has 140 valence electrons. The van der Waals surface area contributed by atoms with Crippen LogP contribution in [0.5, 0.6) is 5.75 Å². The minimum atomic E-state index is -0.317. The lowest BCUT2D eigenvalue weighted by molar-refractivity contribution is 0.0387. The molecule has 1 aliphatic rings. The largest absolute Gasteiger partial charge is 0.497 e. The van der Waals surface area contributed by atoms with Gasteiger partial charge in [0.05, 0.1) is 7.11 Å². The van der Waals surface area contributed by atoms with E-state index in [9.17, 15) is 14.3 Å². The van der Waals surface area contributed by atoms with Gasteiger partial charge in [-0.3, -0.25) is 14.8 Å². The van der Waals surface area contributed by atoms with Crippen molar-refractivity contribution in [1.29, 1.82) is 0 Å². The highest BCUT2D eigenvalue weighted by atomic mass is 19.1. The van der Waals surface area contributed by atoms with Crippen LogP contribution in [0.4, 0.5) is 4.39 Å².